The number of likely N-dealkylation sites (tertiary alicyclic amines) is 1. The number of amides is 2. The monoisotopic (exact) mass is 318 g/mol. The van der Waals surface area contributed by atoms with E-state index in [1.54, 1.807) is 4.90 Å². The number of carboxylic acids is 1. The van der Waals surface area contributed by atoms with Crippen molar-refractivity contribution in [3.05, 3.63) is 29.8 Å². The van der Waals surface area contributed by atoms with Crippen molar-refractivity contribution < 1.29 is 14.7 Å². The Balaban J connectivity index is 1.80. The Kier molecular flexibility index (Phi) is 6.44. The van der Waals surface area contributed by atoms with Gasteiger partial charge in [0.25, 0.3) is 0 Å². The normalized spacial score (nSPS) is 15.4. The van der Waals surface area contributed by atoms with Crippen LogP contribution in [0.15, 0.2) is 24.3 Å². The van der Waals surface area contributed by atoms with E-state index in [9.17, 15) is 9.59 Å². The number of carbonyl (C=O) groups excluding carboxylic acids is 1. The fourth-order valence-corrected chi connectivity index (χ4v) is 2.87. The number of anilines is 1. The SMILES string of the molecule is CCCCCc1ccc(NC(=O)N2CCC(C(=O)O)CC2)cc1. The standard InChI is InChI=1S/C18H26N2O3/c1-2-3-4-5-14-6-8-16(9-7-14)19-18(23)20-12-10-15(11-13-20)17(21)22/h6-9,15H,2-5,10-13H2,1H3,(H,19,23)(H,21,22). The second-order valence-electron chi connectivity index (χ2n) is 6.18. The molecular weight excluding hydrogens is 292 g/mol. The number of hydrogen-bond donors (Lipinski definition) is 2. The average Bonchev–Trinajstić information content (AvgIpc) is 2.56. The van der Waals surface area contributed by atoms with Crippen LogP contribution in [0.2, 0.25) is 0 Å². The van der Waals surface area contributed by atoms with Gasteiger partial charge in [-0.25, -0.2) is 4.79 Å². The summed E-state index contributed by atoms with van der Waals surface area (Å²) in [5.41, 5.74) is 2.08. The molecule has 0 aromatic heterocycles. The predicted molar refractivity (Wildman–Crippen MR) is 90.6 cm³/mol. The number of aliphatic carboxylic acids is 1. The predicted octanol–water partition coefficient (Wildman–Crippen LogP) is 3.75. The molecule has 2 N–H and O–H groups in total. The van der Waals surface area contributed by atoms with Gasteiger partial charge in [-0.15, -0.1) is 0 Å². The molecule has 0 bridgehead atoms. The molecule has 0 atom stereocenters. The minimum Gasteiger partial charge on any atom is -0.481 e. The first kappa shape index (κ1) is 17.3. The Morgan fingerprint density at radius 3 is 2.39 bits per heavy atom. The number of piperidine rings is 1. The highest BCUT2D eigenvalue weighted by molar-refractivity contribution is 5.89. The summed E-state index contributed by atoms with van der Waals surface area (Å²) in [6.45, 7) is 3.19. The molecule has 2 rings (SSSR count). The second kappa shape index (κ2) is 8.56. The highest BCUT2D eigenvalue weighted by Gasteiger charge is 2.26. The summed E-state index contributed by atoms with van der Waals surface area (Å²) in [7, 11) is 0. The van der Waals surface area contributed by atoms with Gasteiger partial charge in [-0.05, 0) is 43.4 Å². The first-order valence-electron chi connectivity index (χ1n) is 8.48. The van der Waals surface area contributed by atoms with E-state index in [-0.39, 0.29) is 11.9 Å². The molecule has 23 heavy (non-hydrogen) atoms. The largest absolute Gasteiger partial charge is 0.481 e. The molecule has 5 heteroatoms. The van der Waals surface area contributed by atoms with E-state index in [4.69, 9.17) is 5.11 Å². The molecule has 1 aliphatic heterocycles. The summed E-state index contributed by atoms with van der Waals surface area (Å²) < 4.78 is 0. The number of hydrogen-bond acceptors (Lipinski definition) is 2. The number of aryl methyl sites for hydroxylation is 1. The van der Waals surface area contributed by atoms with Crippen LogP contribution in [0.5, 0.6) is 0 Å². The van der Waals surface area contributed by atoms with Gasteiger partial charge in [-0.1, -0.05) is 31.9 Å². The van der Waals surface area contributed by atoms with Crippen molar-refractivity contribution in [1.29, 1.82) is 0 Å². The molecule has 0 saturated carbocycles. The molecule has 2 amide bonds. The van der Waals surface area contributed by atoms with Crippen LogP contribution in [0.25, 0.3) is 0 Å². The highest BCUT2D eigenvalue weighted by Crippen LogP contribution is 2.19. The Hall–Kier alpha value is -2.04. The summed E-state index contributed by atoms with van der Waals surface area (Å²) >= 11 is 0. The van der Waals surface area contributed by atoms with Crippen LogP contribution >= 0.6 is 0 Å². The van der Waals surface area contributed by atoms with E-state index in [2.05, 4.69) is 24.4 Å². The molecule has 0 spiro atoms. The molecule has 1 heterocycles. The maximum absolute atomic E-state index is 12.2. The lowest BCUT2D eigenvalue weighted by Gasteiger charge is -2.30. The van der Waals surface area contributed by atoms with Crippen LogP contribution in [0.3, 0.4) is 0 Å². The van der Waals surface area contributed by atoms with Crippen molar-refractivity contribution in [2.24, 2.45) is 5.92 Å². The summed E-state index contributed by atoms with van der Waals surface area (Å²) in [6, 6.07) is 7.84. The summed E-state index contributed by atoms with van der Waals surface area (Å²) in [5.74, 6) is -1.08. The number of unbranched alkanes of at least 4 members (excludes halogenated alkanes) is 2. The minimum absolute atomic E-state index is 0.146. The molecule has 0 aliphatic carbocycles. The molecule has 1 aliphatic rings. The third-order valence-corrected chi connectivity index (χ3v) is 4.41. The van der Waals surface area contributed by atoms with Crippen molar-refractivity contribution in [2.45, 2.75) is 45.4 Å². The molecule has 0 radical (unpaired) electrons. The molecule has 1 fully saturated rings. The van der Waals surface area contributed by atoms with E-state index >= 15 is 0 Å². The van der Waals surface area contributed by atoms with Crippen LogP contribution in [0.1, 0.15) is 44.6 Å². The fraction of sp³-hybridized carbons (Fsp3) is 0.556. The van der Waals surface area contributed by atoms with E-state index in [1.165, 1.54) is 24.8 Å². The maximum atomic E-state index is 12.2. The Labute approximate surface area is 137 Å². The lowest BCUT2D eigenvalue weighted by atomic mass is 9.97. The third-order valence-electron chi connectivity index (χ3n) is 4.41. The first-order valence-corrected chi connectivity index (χ1v) is 8.48. The van der Waals surface area contributed by atoms with E-state index < -0.39 is 5.97 Å². The average molecular weight is 318 g/mol. The Bertz CT molecular complexity index is 520. The van der Waals surface area contributed by atoms with Crippen molar-refractivity contribution in [2.75, 3.05) is 18.4 Å². The zero-order chi connectivity index (χ0) is 16.7. The number of nitrogens with one attached hydrogen (secondary N) is 1. The van der Waals surface area contributed by atoms with Gasteiger partial charge in [-0.2, -0.15) is 0 Å². The molecule has 5 nitrogen and oxygen atoms in total. The van der Waals surface area contributed by atoms with Gasteiger partial charge in [0, 0.05) is 18.8 Å². The second-order valence-corrected chi connectivity index (χ2v) is 6.18. The van der Waals surface area contributed by atoms with Crippen LogP contribution < -0.4 is 5.32 Å². The van der Waals surface area contributed by atoms with E-state index in [0.717, 1.165) is 12.1 Å². The quantitative estimate of drug-likeness (QED) is 0.785. The van der Waals surface area contributed by atoms with Crippen molar-refractivity contribution in [3.8, 4) is 0 Å². The number of rotatable bonds is 6. The van der Waals surface area contributed by atoms with Crippen molar-refractivity contribution in [1.82, 2.24) is 4.90 Å². The zero-order valence-electron chi connectivity index (χ0n) is 13.8. The van der Waals surface area contributed by atoms with Crippen LogP contribution in [-0.4, -0.2) is 35.1 Å². The number of carboxylic acid groups (broad SMARTS) is 1. The summed E-state index contributed by atoms with van der Waals surface area (Å²) in [4.78, 5) is 24.8. The number of benzene rings is 1. The number of nitrogens with zero attached hydrogens (tertiary/aromatic N) is 1. The van der Waals surface area contributed by atoms with E-state index in [0.29, 0.717) is 25.9 Å². The summed E-state index contributed by atoms with van der Waals surface area (Å²) in [5, 5.41) is 11.9. The van der Waals surface area contributed by atoms with Crippen molar-refractivity contribution in [3.63, 3.8) is 0 Å². The lowest BCUT2D eigenvalue weighted by Crippen LogP contribution is -2.42. The fourth-order valence-electron chi connectivity index (χ4n) is 2.87. The number of carbonyl (C=O) groups is 2. The zero-order valence-corrected chi connectivity index (χ0v) is 13.8. The molecule has 126 valence electrons. The Morgan fingerprint density at radius 1 is 1.17 bits per heavy atom. The number of urea groups is 1. The molecule has 1 aromatic rings. The minimum atomic E-state index is -0.760. The highest BCUT2D eigenvalue weighted by atomic mass is 16.4. The van der Waals surface area contributed by atoms with Crippen LogP contribution in [-0.2, 0) is 11.2 Å². The lowest BCUT2D eigenvalue weighted by molar-refractivity contribution is -0.143. The van der Waals surface area contributed by atoms with Crippen molar-refractivity contribution >= 4 is 17.7 Å². The molecular formula is C18H26N2O3. The van der Waals surface area contributed by atoms with Crippen LogP contribution in [0.4, 0.5) is 10.5 Å². The smallest absolute Gasteiger partial charge is 0.321 e. The van der Waals surface area contributed by atoms with Gasteiger partial charge >= 0.3 is 12.0 Å². The first-order chi connectivity index (χ1) is 11.1. The van der Waals surface area contributed by atoms with E-state index in [1.807, 2.05) is 12.1 Å². The van der Waals surface area contributed by atoms with Gasteiger partial charge in [0.1, 0.15) is 0 Å². The van der Waals surface area contributed by atoms with Crippen LogP contribution in [0, 0.1) is 5.92 Å². The summed E-state index contributed by atoms with van der Waals surface area (Å²) in [6.07, 6.45) is 5.78. The van der Waals surface area contributed by atoms with Gasteiger partial charge < -0.3 is 15.3 Å². The van der Waals surface area contributed by atoms with Gasteiger partial charge in [0.15, 0.2) is 0 Å². The molecule has 0 unspecified atom stereocenters. The topological polar surface area (TPSA) is 69.6 Å². The molecule has 1 saturated heterocycles. The van der Waals surface area contributed by atoms with Gasteiger partial charge in [0.2, 0.25) is 0 Å². The van der Waals surface area contributed by atoms with Gasteiger partial charge in [0.05, 0.1) is 5.92 Å². The Morgan fingerprint density at radius 2 is 1.83 bits per heavy atom. The van der Waals surface area contributed by atoms with Gasteiger partial charge in [-0.3, -0.25) is 4.79 Å². The maximum Gasteiger partial charge on any atom is 0.321 e. The molecule has 1 aromatic carbocycles. The third kappa shape index (κ3) is 5.27.